The van der Waals surface area contributed by atoms with Gasteiger partial charge in [0, 0.05) is 12.0 Å². The van der Waals surface area contributed by atoms with Crippen LogP contribution in [0, 0.1) is 11.8 Å². The van der Waals surface area contributed by atoms with Crippen molar-refractivity contribution in [2.45, 2.75) is 13.8 Å². The number of carboxylic acids is 1. The third-order valence-corrected chi connectivity index (χ3v) is 3.31. The van der Waals surface area contributed by atoms with E-state index in [-0.39, 0.29) is 0 Å². The van der Waals surface area contributed by atoms with E-state index in [1.165, 1.54) is 14.0 Å². The highest BCUT2D eigenvalue weighted by molar-refractivity contribution is 6.33. The fourth-order valence-electron chi connectivity index (χ4n) is 1.41. The van der Waals surface area contributed by atoms with Gasteiger partial charge in [0.2, 0.25) is 5.91 Å². The van der Waals surface area contributed by atoms with Gasteiger partial charge in [-0.1, -0.05) is 25.4 Å². The summed E-state index contributed by atoms with van der Waals surface area (Å²) < 4.78 is 5.03. The largest absolute Gasteiger partial charge is 0.497 e. The van der Waals surface area contributed by atoms with E-state index in [1.807, 2.05) is 0 Å². The lowest BCUT2D eigenvalue weighted by Gasteiger charge is -2.16. The summed E-state index contributed by atoms with van der Waals surface area (Å²) in [5.74, 6) is -2.30. The number of aliphatic carboxylic acids is 1. The Balaban J connectivity index is 2.84. The number of carbonyl (C=O) groups is 2. The molecule has 0 radical (unpaired) electrons. The summed E-state index contributed by atoms with van der Waals surface area (Å²) in [5, 5.41) is 11.8. The molecule has 1 rings (SSSR count). The van der Waals surface area contributed by atoms with Crippen molar-refractivity contribution >= 4 is 29.2 Å². The highest BCUT2D eigenvalue weighted by atomic mass is 35.5. The SMILES string of the molecule is COc1ccc(Cl)c(NC(=O)C(C)C(C)C(=O)O)c1. The van der Waals surface area contributed by atoms with Gasteiger partial charge in [-0.05, 0) is 12.1 Å². The van der Waals surface area contributed by atoms with Crippen molar-refractivity contribution in [1.82, 2.24) is 0 Å². The van der Waals surface area contributed by atoms with E-state index in [1.54, 1.807) is 25.1 Å². The highest BCUT2D eigenvalue weighted by Crippen LogP contribution is 2.27. The minimum atomic E-state index is -1.01. The molecular formula is C13H16ClNO4. The van der Waals surface area contributed by atoms with Crippen LogP contribution in [0.3, 0.4) is 0 Å². The van der Waals surface area contributed by atoms with Gasteiger partial charge in [-0.25, -0.2) is 0 Å². The zero-order valence-electron chi connectivity index (χ0n) is 10.9. The molecule has 0 aliphatic rings. The van der Waals surface area contributed by atoms with Crippen LogP contribution in [-0.4, -0.2) is 24.1 Å². The molecule has 1 aromatic carbocycles. The maximum Gasteiger partial charge on any atom is 0.307 e. The van der Waals surface area contributed by atoms with Gasteiger partial charge in [-0.2, -0.15) is 0 Å². The number of hydrogen-bond donors (Lipinski definition) is 2. The molecule has 0 aliphatic heterocycles. The molecule has 6 heteroatoms. The third kappa shape index (κ3) is 3.86. The van der Waals surface area contributed by atoms with Crippen LogP contribution in [0.5, 0.6) is 5.75 Å². The second-order valence-electron chi connectivity index (χ2n) is 4.25. The van der Waals surface area contributed by atoms with Crippen molar-refractivity contribution in [2.75, 3.05) is 12.4 Å². The number of halogens is 1. The Hall–Kier alpha value is -1.75. The number of ether oxygens (including phenoxy) is 1. The molecule has 1 aromatic rings. The van der Waals surface area contributed by atoms with Crippen LogP contribution in [0.2, 0.25) is 5.02 Å². The topological polar surface area (TPSA) is 75.6 Å². The molecule has 0 fully saturated rings. The number of methoxy groups -OCH3 is 1. The molecule has 19 heavy (non-hydrogen) atoms. The van der Waals surface area contributed by atoms with E-state index >= 15 is 0 Å². The van der Waals surface area contributed by atoms with Gasteiger partial charge < -0.3 is 15.2 Å². The lowest BCUT2D eigenvalue weighted by atomic mass is 9.95. The molecule has 2 unspecified atom stereocenters. The quantitative estimate of drug-likeness (QED) is 0.872. The fraction of sp³-hybridized carbons (Fsp3) is 0.385. The van der Waals surface area contributed by atoms with Crippen molar-refractivity contribution in [3.8, 4) is 5.75 Å². The average Bonchev–Trinajstić information content (AvgIpc) is 2.39. The number of anilines is 1. The molecule has 0 heterocycles. The molecule has 0 spiro atoms. The maximum absolute atomic E-state index is 11.9. The number of carboxylic acid groups (broad SMARTS) is 1. The standard InChI is InChI=1S/C13H16ClNO4/c1-7(8(2)13(17)18)12(16)15-11-6-9(19-3)4-5-10(11)14/h4-8H,1-3H3,(H,15,16)(H,17,18). The number of nitrogens with one attached hydrogen (secondary N) is 1. The number of rotatable bonds is 5. The molecule has 5 nitrogen and oxygen atoms in total. The summed E-state index contributed by atoms with van der Waals surface area (Å²) >= 11 is 5.96. The van der Waals surface area contributed by atoms with E-state index in [4.69, 9.17) is 21.4 Å². The monoisotopic (exact) mass is 285 g/mol. The Kier molecular flexibility index (Phi) is 5.18. The average molecular weight is 286 g/mol. The molecule has 104 valence electrons. The molecular weight excluding hydrogens is 270 g/mol. The predicted octanol–water partition coefficient (Wildman–Crippen LogP) is 2.64. The van der Waals surface area contributed by atoms with Crippen molar-refractivity contribution in [3.63, 3.8) is 0 Å². The van der Waals surface area contributed by atoms with Gasteiger partial charge in [-0.15, -0.1) is 0 Å². The lowest BCUT2D eigenvalue weighted by molar-refractivity contribution is -0.145. The molecule has 0 saturated heterocycles. The summed E-state index contributed by atoms with van der Waals surface area (Å²) in [4.78, 5) is 22.8. The van der Waals surface area contributed by atoms with Gasteiger partial charge in [0.25, 0.3) is 0 Å². The summed E-state index contributed by atoms with van der Waals surface area (Å²) in [6.07, 6.45) is 0. The molecule has 2 atom stereocenters. The zero-order chi connectivity index (χ0) is 14.6. The van der Waals surface area contributed by atoms with Gasteiger partial charge in [0.1, 0.15) is 5.75 Å². The Bertz CT molecular complexity index is 490. The van der Waals surface area contributed by atoms with Crippen LogP contribution in [0.25, 0.3) is 0 Å². The first kappa shape index (κ1) is 15.3. The Morgan fingerprint density at radius 1 is 1.32 bits per heavy atom. The minimum absolute atomic E-state index is 0.365. The van der Waals surface area contributed by atoms with E-state index in [0.717, 1.165) is 0 Å². The highest BCUT2D eigenvalue weighted by Gasteiger charge is 2.26. The number of benzene rings is 1. The summed E-state index contributed by atoms with van der Waals surface area (Å²) in [6, 6.07) is 4.85. The number of hydrogen-bond acceptors (Lipinski definition) is 3. The Labute approximate surface area is 116 Å². The molecule has 0 aromatic heterocycles. The Morgan fingerprint density at radius 3 is 2.47 bits per heavy atom. The van der Waals surface area contributed by atoms with E-state index < -0.39 is 23.7 Å². The van der Waals surface area contributed by atoms with E-state index in [0.29, 0.717) is 16.5 Å². The zero-order valence-corrected chi connectivity index (χ0v) is 11.7. The third-order valence-electron chi connectivity index (χ3n) is 2.98. The summed E-state index contributed by atoms with van der Waals surface area (Å²) in [7, 11) is 1.50. The summed E-state index contributed by atoms with van der Waals surface area (Å²) in [5.41, 5.74) is 0.399. The van der Waals surface area contributed by atoms with Gasteiger partial charge in [0.15, 0.2) is 0 Å². The van der Waals surface area contributed by atoms with Crippen LogP contribution >= 0.6 is 11.6 Å². The second-order valence-corrected chi connectivity index (χ2v) is 4.66. The van der Waals surface area contributed by atoms with Gasteiger partial charge in [0.05, 0.1) is 23.7 Å². The first-order chi connectivity index (χ1) is 8.86. The second kappa shape index (κ2) is 6.43. The lowest BCUT2D eigenvalue weighted by Crippen LogP contribution is -2.30. The van der Waals surface area contributed by atoms with Crippen LogP contribution in [-0.2, 0) is 9.59 Å². The van der Waals surface area contributed by atoms with E-state index in [9.17, 15) is 9.59 Å². The van der Waals surface area contributed by atoms with Crippen LogP contribution in [0.15, 0.2) is 18.2 Å². The molecule has 0 bridgehead atoms. The summed E-state index contributed by atoms with van der Waals surface area (Å²) in [6.45, 7) is 3.04. The Morgan fingerprint density at radius 2 is 1.95 bits per heavy atom. The van der Waals surface area contributed by atoms with Crippen molar-refractivity contribution in [2.24, 2.45) is 11.8 Å². The predicted molar refractivity (Wildman–Crippen MR) is 72.6 cm³/mol. The minimum Gasteiger partial charge on any atom is -0.497 e. The van der Waals surface area contributed by atoms with Crippen molar-refractivity contribution in [3.05, 3.63) is 23.2 Å². The fourth-order valence-corrected chi connectivity index (χ4v) is 1.58. The molecule has 0 saturated carbocycles. The van der Waals surface area contributed by atoms with Crippen LogP contribution in [0.1, 0.15) is 13.8 Å². The normalized spacial score (nSPS) is 13.5. The number of carbonyl (C=O) groups excluding carboxylic acids is 1. The molecule has 0 aliphatic carbocycles. The van der Waals surface area contributed by atoms with Crippen molar-refractivity contribution in [1.29, 1.82) is 0 Å². The molecule has 2 N–H and O–H groups in total. The maximum atomic E-state index is 11.9. The van der Waals surface area contributed by atoms with E-state index in [2.05, 4.69) is 5.32 Å². The smallest absolute Gasteiger partial charge is 0.307 e. The van der Waals surface area contributed by atoms with Crippen molar-refractivity contribution < 1.29 is 19.4 Å². The van der Waals surface area contributed by atoms with Crippen LogP contribution < -0.4 is 10.1 Å². The van der Waals surface area contributed by atoms with Crippen LogP contribution in [0.4, 0.5) is 5.69 Å². The first-order valence-corrected chi connectivity index (χ1v) is 6.11. The van der Waals surface area contributed by atoms with Gasteiger partial charge >= 0.3 is 5.97 Å². The van der Waals surface area contributed by atoms with Gasteiger partial charge in [-0.3, -0.25) is 9.59 Å². The number of amides is 1. The molecule has 1 amide bonds. The first-order valence-electron chi connectivity index (χ1n) is 5.74.